The molecule has 0 aliphatic carbocycles. The highest BCUT2D eigenvalue weighted by molar-refractivity contribution is 6.05. The average molecular weight is 334 g/mol. The van der Waals surface area contributed by atoms with Crippen LogP contribution >= 0.6 is 0 Å². The van der Waals surface area contributed by atoms with Gasteiger partial charge in [-0.15, -0.1) is 0 Å². The summed E-state index contributed by atoms with van der Waals surface area (Å²) in [4.78, 5) is 23.2. The van der Waals surface area contributed by atoms with E-state index in [1.165, 1.54) is 11.8 Å². The molecule has 0 bridgehead atoms. The number of rotatable bonds is 4. The van der Waals surface area contributed by atoms with Gasteiger partial charge < -0.3 is 14.6 Å². The van der Waals surface area contributed by atoms with Crippen LogP contribution in [0.2, 0.25) is 0 Å². The van der Waals surface area contributed by atoms with E-state index >= 15 is 0 Å². The number of hydrogen-bond acceptors (Lipinski definition) is 5. The second-order valence-corrected chi connectivity index (χ2v) is 5.91. The predicted molar refractivity (Wildman–Crippen MR) is 94.5 cm³/mol. The monoisotopic (exact) mass is 334 g/mol. The molecule has 0 spiro atoms. The van der Waals surface area contributed by atoms with Crippen LogP contribution in [0.5, 0.6) is 0 Å². The maximum absolute atomic E-state index is 12.8. The summed E-state index contributed by atoms with van der Waals surface area (Å²) >= 11 is 0. The van der Waals surface area contributed by atoms with E-state index in [1.807, 2.05) is 30.3 Å². The molecule has 0 saturated carbocycles. The fourth-order valence-electron chi connectivity index (χ4n) is 3.00. The lowest BCUT2D eigenvalue weighted by Gasteiger charge is -2.29. The molecule has 0 fully saturated rings. The Kier molecular flexibility index (Phi) is 4.16. The first-order chi connectivity index (χ1) is 12.3. The van der Waals surface area contributed by atoms with Crippen molar-refractivity contribution < 1.29 is 9.21 Å². The number of carbonyl (C=O) groups is 1. The largest absolute Gasteiger partial charge is 0.467 e. The second kappa shape index (κ2) is 6.76. The minimum Gasteiger partial charge on any atom is -0.467 e. The topological polar surface area (TPSA) is 71.3 Å². The number of nitrogens with zero attached hydrogens (tertiary/aromatic N) is 3. The highest BCUT2D eigenvalue weighted by Gasteiger charge is 2.24. The molecule has 126 valence electrons. The fraction of sp³-hybridized carbons (Fsp3) is 0.211. The fourth-order valence-corrected chi connectivity index (χ4v) is 3.00. The van der Waals surface area contributed by atoms with Gasteiger partial charge in [0, 0.05) is 12.2 Å². The number of hydrogen-bond donors (Lipinski definition) is 1. The molecule has 6 heteroatoms. The molecule has 2 aromatic heterocycles. The molecule has 0 saturated heterocycles. The molecule has 3 heterocycles. The van der Waals surface area contributed by atoms with Crippen molar-refractivity contribution in [3.05, 3.63) is 72.1 Å². The van der Waals surface area contributed by atoms with E-state index in [1.54, 1.807) is 17.4 Å². The van der Waals surface area contributed by atoms with E-state index in [4.69, 9.17) is 4.42 Å². The molecule has 0 unspecified atom stereocenters. The molecule has 4 rings (SSSR count). The van der Waals surface area contributed by atoms with E-state index < -0.39 is 0 Å². The Hall–Kier alpha value is -3.15. The van der Waals surface area contributed by atoms with Crippen LogP contribution < -0.4 is 10.2 Å². The van der Waals surface area contributed by atoms with Gasteiger partial charge in [-0.25, -0.2) is 9.97 Å². The molecule has 3 aromatic rings. The summed E-state index contributed by atoms with van der Waals surface area (Å²) in [5, 5.41) is 3.12. The summed E-state index contributed by atoms with van der Waals surface area (Å²) in [6.45, 7) is 1.23. The molecule has 1 aliphatic heterocycles. The summed E-state index contributed by atoms with van der Waals surface area (Å²) in [6.07, 6.45) is 6.68. The van der Waals surface area contributed by atoms with E-state index in [2.05, 4.69) is 21.4 Å². The van der Waals surface area contributed by atoms with Crippen molar-refractivity contribution >= 4 is 17.4 Å². The molecule has 1 aliphatic rings. The van der Waals surface area contributed by atoms with Gasteiger partial charge in [0.15, 0.2) is 0 Å². The van der Waals surface area contributed by atoms with Crippen molar-refractivity contribution in [1.82, 2.24) is 9.97 Å². The molecule has 0 radical (unpaired) electrons. The summed E-state index contributed by atoms with van der Waals surface area (Å²) in [6, 6.07) is 11.7. The lowest BCUT2D eigenvalue weighted by molar-refractivity contribution is 0.0980. The molecule has 1 aromatic carbocycles. The maximum atomic E-state index is 12.8. The number of aryl methyl sites for hydroxylation is 1. The van der Waals surface area contributed by atoms with E-state index in [0.29, 0.717) is 24.6 Å². The summed E-state index contributed by atoms with van der Waals surface area (Å²) in [5.74, 6) is 1.30. The van der Waals surface area contributed by atoms with Gasteiger partial charge in [-0.1, -0.05) is 18.2 Å². The number of anilines is 2. The standard InChI is InChI=1S/C19H18N4O2/c24-19(23-9-3-6-14-5-1-2-8-17(14)23)16-12-22-18(13-20-16)21-11-15-7-4-10-25-15/h1-2,4-5,7-8,10,12-13H,3,6,9,11H2,(H,21,22). The second-order valence-electron chi connectivity index (χ2n) is 5.91. The maximum Gasteiger partial charge on any atom is 0.278 e. The Morgan fingerprint density at radius 1 is 1.16 bits per heavy atom. The van der Waals surface area contributed by atoms with Crippen LogP contribution in [-0.4, -0.2) is 22.4 Å². The van der Waals surface area contributed by atoms with Gasteiger partial charge >= 0.3 is 0 Å². The van der Waals surface area contributed by atoms with Gasteiger partial charge in [0.25, 0.3) is 5.91 Å². The van der Waals surface area contributed by atoms with Crippen molar-refractivity contribution in [3.8, 4) is 0 Å². The lowest BCUT2D eigenvalue weighted by atomic mass is 10.0. The normalized spacial score (nSPS) is 13.4. The van der Waals surface area contributed by atoms with Crippen molar-refractivity contribution in [3.63, 3.8) is 0 Å². The van der Waals surface area contributed by atoms with E-state index in [-0.39, 0.29) is 5.91 Å². The number of carbonyl (C=O) groups excluding carboxylic acids is 1. The molecule has 0 atom stereocenters. The number of furan rings is 1. The SMILES string of the molecule is O=C(c1cnc(NCc2ccco2)cn1)N1CCCc2ccccc21. The number of fused-ring (bicyclic) bond motifs is 1. The van der Waals surface area contributed by atoms with Gasteiger partial charge in [-0.05, 0) is 36.6 Å². The third-order valence-electron chi connectivity index (χ3n) is 4.25. The zero-order valence-corrected chi connectivity index (χ0v) is 13.7. The Labute approximate surface area is 145 Å². The Balaban J connectivity index is 1.48. The molecule has 25 heavy (non-hydrogen) atoms. The van der Waals surface area contributed by atoms with Crippen LogP contribution in [0.25, 0.3) is 0 Å². The van der Waals surface area contributed by atoms with Gasteiger partial charge in [0.05, 0.1) is 25.2 Å². The Morgan fingerprint density at radius 3 is 2.88 bits per heavy atom. The summed E-state index contributed by atoms with van der Waals surface area (Å²) in [7, 11) is 0. The molecule has 1 amide bonds. The third-order valence-corrected chi connectivity index (χ3v) is 4.25. The molecular weight excluding hydrogens is 316 g/mol. The molecule has 1 N–H and O–H groups in total. The first-order valence-corrected chi connectivity index (χ1v) is 8.29. The van der Waals surface area contributed by atoms with Crippen LogP contribution in [-0.2, 0) is 13.0 Å². The van der Waals surface area contributed by atoms with Crippen molar-refractivity contribution in [2.24, 2.45) is 0 Å². The predicted octanol–water partition coefficient (Wildman–Crippen LogP) is 3.27. The lowest BCUT2D eigenvalue weighted by Crippen LogP contribution is -2.36. The van der Waals surface area contributed by atoms with Gasteiger partial charge in [0.2, 0.25) is 0 Å². The van der Waals surface area contributed by atoms with Crippen molar-refractivity contribution in [2.75, 3.05) is 16.8 Å². The smallest absolute Gasteiger partial charge is 0.278 e. The van der Waals surface area contributed by atoms with Crippen molar-refractivity contribution in [2.45, 2.75) is 19.4 Å². The number of nitrogens with one attached hydrogen (secondary N) is 1. The summed E-state index contributed by atoms with van der Waals surface area (Å²) < 4.78 is 5.26. The zero-order valence-electron chi connectivity index (χ0n) is 13.7. The highest BCUT2D eigenvalue weighted by atomic mass is 16.3. The zero-order chi connectivity index (χ0) is 17.1. The van der Waals surface area contributed by atoms with Crippen LogP contribution in [0.3, 0.4) is 0 Å². The average Bonchev–Trinajstić information content (AvgIpc) is 3.19. The number of para-hydroxylation sites is 1. The van der Waals surface area contributed by atoms with Crippen LogP contribution in [0.15, 0.2) is 59.5 Å². The van der Waals surface area contributed by atoms with Gasteiger partial charge in [-0.2, -0.15) is 0 Å². The number of aromatic nitrogens is 2. The molecule has 6 nitrogen and oxygen atoms in total. The first kappa shape index (κ1) is 15.4. The summed E-state index contributed by atoms with van der Waals surface area (Å²) in [5.41, 5.74) is 2.52. The van der Waals surface area contributed by atoms with Crippen molar-refractivity contribution in [1.29, 1.82) is 0 Å². The Bertz CT molecular complexity index is 859. The van der Waals surface area contributed by atoms with Crippen LogP contribution in [0.1, 0.15) is 28.2 Å². The van der Waals surface area contributed by atoms with Crippen LogP contribution in [0, 0.1) is 0 Å². The van der Waals surface area contributed by atoms with E-state index in [0.717, 1.165) is 24.3 Å². The van der Waals surface area contributed by atoms with Gasteiger partial charge in [0.1, 0.15) is 17.3 Å². The quantitative estimate of drug-likeness (QED) is 0.793. The van der Waals surface area contributed by atoms with Crippen LogP contribution in [0.4, 0.5) is 11.5 Å². The number of amides is 1. The van der Waals surface area contributed by atoms with Gasteiger partial charge in [-0.3, -0.25) is 4.79 Å². The highest BCUT2D eigenvalue weighted by Crippen LogP contribution is 2.27. The Morgan fingerprint density at radius 2 is 2.08 bits per heavy atom. The first-order valence-electron chi connectivity index (χ1n) is 8.29. The third kappa shape index (κ3) is 3.24. The van der Waals surface area contributed by atoms with E-state index in [9.17, 15) is 4.79 Å². The number of benzene rings is 1. The minimum absolute atomic E-state index is 0.114. The minimum atomic E-state index is -0.114. The molecular formula is C19H18N4O2.